The summed E-state index contributed by atoms with van der Waals surface area (Å²) in [5, 5.41) is 8.71. The van der Waals surface area contributed by atoms with E-state index < -0.39 is 0 Å². The van der Waals surface area contributed by atoms with E-state index in [2.05, 4.69) is 92.7 Å². The van der Waals surface area contributed by atoms with Crippen molar-refractivity contribution in [3.8, 4) is 0 Å². The SMILES string of the molecule is CC1(C)C=CC=C2C=c3cc4c5ccccc5c5ccccc5c4nc3=C21. The van der Waals surface area contributed by atoms with Crippen molar-refractivity contribution in [1.29, 1.82) is 0 Å². The number of hydrogen-bond donors (Lipinski definition) is 0. The smallest absolute Gasteiger partial charge is 0.0794 e. The maximum Gasteiger partial charge on any atom is 0.0794 e. The van der Waals surface area contributed by atoms with Crippen LogP contribution in [0.5, 0.6) is 0 Å². The third-order valence-corrected chi connectivity index (χ3v) is 6.01. The number of aromatic nitrogens is 1. The second-order valence-corrected chi connectivity index (χ2v) is 8.14. The maximum atomic E-state index is 5.27. The quantitative estimate of drug-likeness (QED) is 0.408. The van der Waals surface area contributed by atoms with Crippen LogP contribution < -0.4 is 10.6 Å². The molecule has 0 N–H and O–H groups in total. The Morgan fingerprint density at radius 3 is 2.15 bits per heavy atom. The van der Waals surface area contributed by atoms with Gasteiger partial charge in [0.2, 0.25) is 0 Å². The molecule has 1 heteroatoms. The molecule has 0 spiro atoms. The molecule has 128 valence electrons. The predicted molar refractivity (Wildman–Crippen MR) is 115 cm³/mol. The lowest BCUT2D eigenvalue weighted by molar-refractivity contribution is 0.642. The van der Waals surface area contributed by atoms with E-state index >= 15 is 0 Å². The zero-order valence-electron chi connectivity index (χ0n) is 15.5. The summed E-state index contributed by atoms with van der Waals surface area (Å²) < 4.78 is 0. The Kier molecular flexibility index (Phi) is 2.74. The van der Waals surface area contributed by atoms with Gasteiger partial charge >= 0.3 is 0 Å². The summed E-state index contributed by atoms with van der Waals surface area (Å²) >= 11 is 0. The van der Waals surface area contributed by atoms with Gasteiger partial charge < -0.3 is 0 Å². The number of hydrogen-bond acceptors (Lipinski definition) is 1. The second-order valence-electron chi connectivity index (χ2n) is 8.14. The molecule has 1 nitrogen and oxygen atoms in total. The molecule has 1 heterocycles. The molecule has 0 bridgehead atoms. The fourth-order valence-electron chi connectivity index (χ4n) is 4.79. The number of rotatable bonds is 0. The summed E-state index contributed by atoms with van der Waals surface area (Å²) in [6.45, 7) is 4.55. The van der Waals surface area contributed by atoms with E-state index in [1.807, 2.05) is 0 Å². The minimum Gasteiger partial charge on any atom is -0.247 e. The summed E-state index contributed by atoms with van der Waals surface area (Å²) in [4.78, 5) is 5.27. The molecule has 0 saturated heterocycles. The molecule has 0 saturated carbocycles. The van der Waals surface area contributed by atoms with Crippen LogP contribution in [-0.2, 0) is 0 Å². The van der Waals surface area contributed by atoms with Crippen LogP contribution in [0.3, 0.4) is 0 Å². The third kappa shape index (κ3) is 1.92. The van der Waals surface area contributed by atoms with Gasteiger partial charge in [-0.3, -0.25) is 0 Å². The Hall–Kier alpha value is -3.19. The van der Waals surface area contributed by atoms with Crippen LogP contribution in [-0.4, -0.2) is 4.98 Å². The van der Waals surface area contributed by atoms with Gasteiger partial charge in [-0.15, -0.1) is 0 Å². The van der Waals surface area contributed by atoms with E-state index in [1.54, 1.807) is 0 Å². The summed E-state index contributed by atoms with van der Waals surface area (Å²) in [6, 6.07) is 19.7. The van der Waals surface area contributed by atoms with Gasteiger partial charge in [0.1, 0.15) is 0 Å². The van der Waals surface area contributed by atoms with Crippen molar-refractivity contribution in [1.82, 2.24) is 4.98 Å². The van der Waals surface area contributed by atoms with Crippen LogP contribution in [0, 0.1) is 5.41 Å². The highest BCUT2D eigenvalue weighted by molar-refractivity contribution is 6.24. The van der Waals surface area contributed by atoms with E-state index in [-0.39, 0.29) is 5.41 Å². The predicted octanol–water partition coefficient (Wildman–Crippen LogP) is 5.01. The van der Waals surface area contributed by atoms with Crippen molar-refractivity contribution in [2.45, 2.75) is 13.8 Å². The van der Waals surface area contributed by atoms with Crippen molar-refractivity contribution < 1.29 is 0 Å². The Bertz CT molecular complexity index is 1480. The Morgan fingerprint density at radius 2 is 1.41 bits per heavy atom. The summed E-state index contributed by atoms with van der Waals surface area (Å²) in [5.41, 5.74) is 3.75. The normalized spacial score (nSPS) is 17.1. The van der Waals surface area contributed by atoms with E-state index in [0.717, 1.165) is 10.9 Å². The van der Waals surface area contributed by atoms with Gasteiger partial charge in [-0.2, -0.15) is 0 Å². The molecule has 2 aliphatic rings. The maximum absolute atomic E-state index is 5.27. The fourth-order valence-corrected chi connectivity index (χ4v) is 4.79. The van der Waals surface area contributed by atoms with Crippen molar-refractivity contribution in [2.24, 2.45) is 5.41 Å². The first-order chi connectivity index (χ1) is 13.1. The molecule has 0 amide bonds. The van der Waals surface area contributed by atoms with Crippen LogP contribution in [0.1, 0.15) is 13.8 Å². The van der Waals surface area contributed by atoms with Crippen LogP contribution in [0.2, 0.25) is 0 Å². The number of fused-ring (bicyclic) bond motifs is 8. The van der Waals surface area contributed by atoms with Gasteiger partial charge in [-0.1, -0.05) is 80.6 Å². The van der Waals surface area contributed by atoms with Crippen molar-refractivity contribution in [3.63, 3.8) is 0 Å². The highest BCUT2D eigenvalue weighted by Crippen LogP contribution is 2.39. The second kappa shape index (κ2) is 4.95. The van der Waals surface area contributed by atoms with E-state index in [0.29, 0.717) is 0 Å². The highest BCUT2D eigenvalue weighted by Gasteiger charge is 2.29. The zero-order chi connectivity index (χ0) is 18.2. The molecule has 0 unspecified atom stereocenters. The molecule has 4 aromatic rings. The summed E-state index contributed by atoms with van der Waals surface area (Å²) in [6.07, 6.45) is 8.96. The van der Waals surface area contributed by atoms with Crippen LogP contribution in [0.15, 0.2) is 78.4 Å². The Balaban J connectivity index is 1.91. The van der Waals surface area contributed by atoms with E-state index in [9.17, 15) is 0 Å². The molecular weight excluding hydrogens is 326 g/mol. The lowest BCUT2D eigenvalue weighted by atomic mass is 9.78. The first-order valence-corrected chi connectivity index (χ1v) is 9.50. The molecule has 0 fully saturated rings. The third-order valence-electron chi connectivity index (χ3n) is 6.01. The lowest BCUT2D eigenvalue weighted by Crippen LogP contribution is -2.31. The monoisotopic (exact) mass is 345 g/mol. The van der Waals surface area contributed by atoms with Gasteiger partial charge in [-0.05, 0) is 39.4 Å². The van der Waals surface area contributed by atoms with Crippen LogP contribution >= 0.6 is 0 Å². The Morgan fingerprint density at radius 1 is 0.778 bits per heavy atom. The number of allylic oxidation sites excluding steroid dienone is 4. The van der Waals surface area contributed by atoms with Crippen molar-refractivity contribution in [3.05, 3.63) is 89.0 Å². The first kappa shape index (κ1) is 14.9. The molecule has 0 atom stereocenters. The van der Waals surface area contributed by atoms with Crippen LogP contribution in [0.25, 0.3) is 44.1 Å². The van der Waals surface area contributed by atoms with Gasteiger partial charge in [0.05, 0.1) is 10.9 Å². The summed E-state index contributed by atoms with van der Waals surface area (Å²) in [5.74, 6) is 0. The molecule has 3 aromatic carbocycles. The average molecular weight is 345 g/mol. The minimum absolute atomic E-state index is 0.000831. The van der Waals surface area contributed by atoms with Crippen LogP contribution in [0.4, 0.5) is 0 Å². The fraction of sp³-hybridized carbons (Fsp3) is 0.115. The number of pyridine rings is 1. The molecule has 0 aliphatic heterocycles. The van der Waals surface area contributed by atoms with E-state index in [1.165, 1.54) is 43.3 Å². The van der Waals surface area contributed by atoms with Gasteiger partial charge in [0.15, 0.2) is 0 Å². The lowest BCUT2D eigenvalue weighted by Gasteiger charge is -2.26. The largest absolute Gasteiger partial charge is 0.247 e. The summed E-state index contributed by atoms with van der Waals surface area (Å²) in [7, 11) is 0. The number of nitrogens with zero attached hydrogens (tertiary/aromatic N) is 1. The standard InChI is InChI=1S/C26H19N/c1-26(2)13-7-8-16-14-17-15-22-20-11-4-3-9-18(20)19-10-5-6-12-21(19)25(22)27-24(17)23(16)26/h3-15H,1-2H3. The van der Waals surface area contributed by atoms with Gasteiger partial charge in [-0.25, -0.2) is 4.98 Å². The molecule has 1 aromatic heterocycles. The van der Waals surface area contributed by atoms with Crippen molar-refractivity contribution in [2.75, 3.05) is 0 Å². The molecule has 27 heavy (non-hydrogen) atoms. The molecule has 6 rings (SSSR count). The van der Waals surface area contributed by atoms with Crippen molar-refractivity contribution >= 4 is 44.1 Å². The highest BCUT2D eigenvalue weighted by atomic mass is 14.7. The minimum atomic E-state index is -0.000831. The molecule has 0 radical (unpaired) electrons. The topological polar surface area (TPSA) is 12.9 Å². The van der Waals surface area contributed by atoms with E-state index in [4.69, 9.17) is 4.98 Å². The number of benzene rings is 3. The molecular formula is C26H19N. The molecule has 2 aliphatic carbocycles. The zero-order valence-corrected chi connectivity index (χ0v) is 15.5. The van der Waals surface area contributed by atoms with Gasteiger partial charge in [0, 0.05) is 21.4 Å². The Labute approximate surface area is 157 Å². The first-order valence-electron chi connectivity index (χ1n) is 9.50. The van der Waals surface area contributed by atoms with Gasteiger partial charge in [0.25, 0.3) is 0 Å². The average Bonchev–Trinajstić information content (AvgIpc) is 3.05.